The van der Waals surface area contributed by atoms with Crippen molar-refractivity contribution in [2.24, 2.45) is 0 Å². The van der Waals surface area contributed by atoms with Crippen molar-refractivity contribution in [2.45, 2.75) is 26.7 Å². The van der Waals surface area contributed by atoms with E-state index >= 15 is 0 Å². The first-order valence-electron chi connectivity index (χ1n) is 10.8. The van der Waals surface area contributed by atoms with E-state index in [1.54, 1.807) is 60.7 Å². The van der Waals surface area contributed by atoms with E-state index in [0.29, 0.717) is 34.7 Å². The number of carbonyl (C=O) groups excluding carboxylic acids is 3. The van der Waals surface area contributed by atoms with Crippen molar-refractivity contribution in [1.29, 1.82) is 0 Å². The quantitative estimate of drug-likeness (QED) is 0.351. The molecule has 0 saturated heterocycles. The molecule has 7 nitrogen and oxygen atoms in total. The van der Waals surface area contributed by atoms with E-state index in [4.69, 9.17) is 4.74 Å². The van der Waals surface area contributed by atoms with Crippen molar-refractivity contribution in [2.75, 3.05) is 11.9 Å². The lowest BCUT2D eigenvalue weighted by molar-refractivity contribution is 0.0846. The summed E-state index contributed by atoms with van der Waals surface area (Å²) in [6.07, 6.45) is 1.95. The van der Waals surface area contributed by atoms with Gasteiger partial charge in [-0.3, -0.25) is 25.2 Å². The molecule has 0 unspecified atom stereocenters. The molecule has 3 amide bonds. The molecule has 170 valence electrons. The predicted molar refractivity (Wildman–Crippen MR) is 127 cm³/mol. The molecule has 33 heavy (non-hydrogen) atoms. The lowest BCUT2D eigenvalue weighted by atomic mass is 10.1. The number of hydrazine groups is 1. The topological polar surface area (TPSA) is 96.5 Å². The summed E-state index contributed by atoms with van der Waals surface area (Å²) in [6.45, 7) is 4.58. The second-order valence-corrected chi connectivity index (χ2v) is 7.54. The van der Waals surface area contributed by atoms with E-state index in [1.165, 1.54) is 0 Å². The van der Waals surface area contributed by atoms with Crippen LogP contribution >= 0.6 is 0 Å². The molecule has 0 radical (unpaired) electrons. The van der Waals surface area contributed by atoms with Crippen molar-refractivity contribution >= 4 is 23.4 Å². The summed E-state index contributed by atoms with van der Waals surface area (Å²) in [4.78, 5) is 37.1. The van der Waals surface area contributed by atoms with Crippen molar-refractivity contribution in [1.82, 2.24) is 10.9 Å². The second kappa shape index (κ2) is 11.5. The van der Waals surface area contributed by atoms with Gasteiger partial charge in [-0.25, -0.2) is 0 Å². The average Bonchev–Trinajstić information content (AvgIpc) is 2.83. The van der Waals surface area contributed by atoms with E-state index in [9.17, 15) is 14.4 Å². The third kappa shape index (κ3) is 6.93. The molecular weight excluding hydrogens is 418 g/mol. The first-order valence-corrected chi connectivity index (χ1v) is 10.8. The van der Waals surface area contributed by atoms with Crippen LogP contribution in [0.25, 0.3) is 0 Å². The standard InChI is InChI=1S/C26H27N3O4/c1-3-4-15-33-23-10-6-9-21(17-23)26(32)29-28-25(31)19-11-13-22(14-12-19)27-24(30)20-8-5-7-18(2)16-20/h5-14,16-17H,3-4,15H2,1-2H3,(H,27,30)(H,28,31)(H,29,32). The van der Waals surface area contributed by atoms with Crippen molar-refractivity contribution in [3.8, 4) is 5.75 Å². The molecule has 0 bridgehead atoms. The van der Waals surface area contributed by atoms with Gasteiger partial charge >= 0.3 is 0 Å². The Labute approximate surface area is 193 Å². The van der Waals surface area contributed by atoms with Gasteiger partial charge in [0.05, 0.1) is 6.61 Å². The molecule has 3 N–H and O–H groups in total. The van der Waals surface area contributed by atoms with Crippen LogP contribution in [0.3, 0.4) is 0 Å². The fraction of sp³-hybridized carbons (Fsp3) is 0.192. The summed E-state index contributed by atoms with van der Waals surface area (Å²) in [5, 5.41) is 2.79. The molecule has 0 aliphatic rings. The number of rotatable bonds is 8. The van der Waals surface area contributed by atoms with Crippen LogP contribution in [0, 0.1) is 6.92 Å². The number of anilines is 1. The Morgan fingerprint density at radius 3 is 2.06 bits per heavy atom. The third-order valence-electron chi connectivity index (χ3n) is 4.84. The Hall–Kier alpha value is -4.13. The van der Waals surface area contributed by atoms with Gasteiger partial charge in [0.1, 0.15) is 5.75 Å². The predicted octanol–water partition coefficient (Wildman–Crippen LogP) is 4.50. The maximum atomic E-state index is 12.4. The molecule has 3 rings (SSSR count). The van der Waals surface area contributed by atoms with Crippen LogP contribution in [-0.4, -0.2) is 24.3 Å². The molecular formula is C26H27N3O4. The van der Waals surface area contributed by atoms with Crippen LogP contribution in [0.5, 0.6) is 5.75 Å². The zero-order chi connectivity index (χ0) is 23.6. The van der Waals surface area contributed by atoms with Gasteiger partial charge in [-0.1, -0.05) is 37.1 Å². The molecule has 0 heterocycles. The van der Waals surface area contributed by atoms with Gasteiger partial charge in [0.15, 0.2) is 0 Å². The summed E-state index contributed by atoms with van der Waals surface area (Å²) in [5.41, 5.74) is 7.61. The minimum Gasteiger partial charge on any atom is -0.494 e. The molecule has 0 spiro atoms. The van der Waals surface area contributed by atoms with Gasteiger partial charge < -0.3 is 10.1 Å². The van der Waals surface area contributed by atoms with Gasteiger partial charge in [0, 0.05) is 22.4 Å². The molecule has 0 aliphatic heterocycles. The van der Waals surface area contributed by atoms with Gasteiger partial charge in [0.25, 0.3) is 17.7 Å². The lowest BCUT2D eigenvalue weighted by Crippen LogP contribution is -2.41. The van der Waals surface area contributed by atoms with Crippen LogP contribution in [0.1, 0.15) is 56.4 Å². The molecule has 3 aromatic carbocycles. The zero-order valence-electron chi connectivity index (χ0n) is 18.7. The highest BCUT2D eigenvalue weighted by Gasteiger charge is 2.11. The fourth-order valence-electron chi connectivity index (χ4n) is 3.01. The van der Waals surface area contributed by atoms with Crippen LogP contribution in [0.2, 0.25) is 0 Å². The van der Waals surface area contributed by atoms with Gasteiger partial charge in [-0.05, 0) is 67.9 Å². The number of hydrogen-bond acceptors (Lipinski definition) is 4. The number of hydrogen-bond donors (Lipinski definition) is 3. The van der Waals surface area contributed by atoms with Crippen LogP contribution in [0.15, 0.2) is 72.8 Å². The maximum Gasteiger partial charge on any atom is 0.269 e. The van der Waals surface area contributed by atoms with E-state index in [-0.39, 0.29) is 5.91 Å². The SMILES string of the molecule is CCCCOc1cccc(C(=O)NNC(=O)c2ccc(NC(=O)c3cccc(C)c3)cc2)c1. The van der Waals surface area contributed by atoms with E-state index < -0.39 is 11.8 Å². The molecule has 7 heteroatoms. The minimum atomic E-state index is -0.477. The normalized spacial score (nSPS) is 10.2. The van der Waals surface area contributed by atoms with Gasteiger partial charge in [0.2, 0.25) is 0 Å². The highest BCUT2D eigenvalue weighted by Crippen LogP contribution is 2.14. The summed E-state index contributed by atoms with van der Waals surface area (Å²) >= 11 is 0. The minimum absolute atomic E-state index is 0.232. The lowest BCUT2D eigenvalue weighted by Gasteiger charge is -2.10. The smallest absolute Gasteiger partial charge is 0.269 e. The van der Waals surface area contributed by atoms with Crippen LogP contribution < -0.4 is 20.9 Å². The number of nitrogens with one attached hydrogen (secondary N) is 3. The molecule has 0 aliphatic carbocycles. The van der Waals surface area contributed by atoms with Crippen LogP contribution in [0.4, 0.5) is 5.69 Å². The second-order valence-electron chi connectivity index (χ2n) is 7.54. The largest absolute Gasteiger partial charge is 0.494 e. The van der Waals surface area contributed by atoms with Crippen molar-refractivity contribution in [3.05, 3.63) is 95.1 Å². The number of aryl methyl sites for hydroxylation is 1. The first-order chi connectivity index (χ1) is 16.0. The number of unbranched alkanes of at least 4 members (excludes halogenated alkanes) is 1. The number of amides is 3. The van der Waals surface area contributed by atoms with E-state index in [2.05, 4.69) is 23.1 Å². The number of ether oxygens (including phenoxy) is 1. The Balaban J connectivity index is 1.53. The van der Waals surface area contributed by atoms with E-state index in [1.807, 2.05) is 19.1 Å². The van der Waals surface area contributed by atoms with Gasteiger partial charge in [-0.15, -0.1) is 0 Å². The third-order valence-corrected chi connectivity index (χ3v) is 4.84. The summed E-state index contributed by atoms with van der Waals surface area (Å²) in [7, 11) is 0. The molecule has 3 aromatic rings. The Morgan fingerprint density at radius 1 is 0.758 bits per heavy atom. The van der Waals surface area contributed by atoms with Gasteiger partial charge in [-0.2, -0.15) is 0 Å². The monoisotopic (exact) mass is 445 g/mol. The first kappa shape index (κ1) is 23.5. The van der Waals surface area contributed by atoms with Crippen molar-refractivity contribution < 1.29 is 19.1 Å². The molecule has 0 saturated carbocycles. The number of benzene rings is 3. The molecule has 0 aromatic heterocycles. The highest BCUT2D eigenvalue weighted by atomic mass is 16.5. The molecule has 0 atom stereocenters. The zero-order valence-corrected chi connectivity index (χ0v) is 18.7. The fourth-order valence-corrected chi connectivity index (χ4v) is 3.01. The Kier molecular flexibility index (Phi) is 8.18. The Bertz CT molecular complexity index is 1130. The van der Waals surface area contributed by atoms with Crippen molar-refractivity contribution in [3.63, 3.8) is 0 Å². The van der Waals surface area contributed by atoms with E-state index in [0.717, 1.165) is 18.4 Å². The average molecular weight is 446 g/mol. The summed E-state index contributed by atoms with van der Waals surface area (Å²) in [5.74, 6) is -0.559. The highest BCUT2D eigenvalue weighted by molar-refractivity contribution is 6.05. The summed E-state index contributed by atoms with van der Waals surface area (Å²) in [6, 6.07) is 20.4. The number of carbonyl (C=O) groups is 3. The summed E-state index contributed by atoms with van der Waals surface area (Å²) < 4.78 is 5.61. The maximum absolute atomic E-state index is 12.4. The van der Waals surface area contributed by atoms with Crippen LogP contribution in [-0.2, 0) is 0 Å². The molecule has 0 fully saturated rings. The Morgan fingerprint density at radius 2 is 1.39 bits per heavy atom.